The Morgan fingerprint density at radius 2 is 1.79 bits per heavy atom. The van der Waals surface area contributed by atoms with Crippen molar-refractivity contribution in [3.05, 3.63) is 21.9 Å². The first-order valence-corrected chi connectivity index (χ1v) is 6.92. The van der Waals surface area contributed by atoms with Gasteiger partial charge in [-0.15, -0.1) is 11.3 Å². The summed E-state index contributed by atoms with van der Waals surface area (Å²) in [7, 11) is 5.81. The lowest BCUT2D eigenvalue weighted by Gasteiger charge is -2.07. The molecule has 0 radical (unpaired) electrons. The van der Waals surface area contributed by atoms with Crippen molar-refractivity contribution < 1.29 is 0 Å². The maximum Gasteiger partial charge on any atom is 0.0794 e. The van der Waals surface area contributed by atoms with Crippen molar-refractivity contribution in [3.8, 4) is 0 Å². The van der Waals surface area contributed by atoms with E-state index in [4.69, 9.17) is 11.1 Å². The van der Waals surface area contributed by atoms with Gasteiger partial charge >= 0.3 is 0 Å². The summed E-state index contributed by atoms with van der Waals surface area (Å²) >= 11 is 1.82. The molecule has 19 heavy (non-hydrogen) atoms. The first-order chi connectivity index (χ1) is 9.03. The lowest BCUT2D eigenvalue weighted by Crippen LogP contribution is -2.10. The minimum absolute atomic E-state index is 0.750. The highest BCUT2D eigenvalue weighted by Gasteiger charge is 1.98. The van der Waals surface area contributed by atoms with Gasteiger partial charge < -0.3 is 16.4 Å². The standard InChI is InChI=1S/C8H13NS.C2H6N2.C2H6.CH4N2/c1-7-8(4-5-10-7)6-9(2)3;1-4-2-3;1-2;2-1-3/h4-5H,6H2,1-3H3;2H,1H3,(H2,3,4);1-2H3;1H,(H3,2,3). The van der Waals surface area contributed by atoms with Crippen LogP contribution in [-0.4, -0.2) is 38.7 Å². The van der Waals surface area contributed by atoms with Crippen LogP contribution in [0.3, 0.4) is 0 Å². The molecule has 6 heteroatoms. The van der Waals surface area contributed by atoms with Crippen molar-refractivity contribution in [1.29, 1.82) is 5.41 Å². The minimum atomic E-state index is 0.750. The summed E-state index contributed by atoms with van der Waals surface area (Å²) in [5.41, 5.74) is 10.6. The summed E-state index contributed by atoms with van der Waals surface area (Å²) in [5.74, 6) is 0. The van der Waals surface area contributed by atoms with Gasteiger partial charge in [0.25, 0.3) is 0 Å². The van der Waals surface area contributed by atoms with Crippen molar-refractivity contribution in [2.45, 2.75) is 27.3 Å². The van der Waals surface area contributed by atoms with Gasteiger partial charge in [0.1, 0.15) is 0 Å². The van der Waals surface area contributed by atoms with E-state index in [2.05, 4.69) is 48.1 Å². The summed E-state index contributed by atoms with van der Waals surface area (Å²) in [6.07, 6.45) is 2.00. The number of hydrogen-bond acceptors (Lipinski definition) is 4. The first kappa shape index (κ1) is 22.8. The molecule has 0 spiro atoms. The zero-order valence-corrected chi connectivity index (χ0v) is 13.8. The molecule has 1 aromatic heterocycles. The highest BCUT2D eigenvalue weighted by molar-refractivity contribution is 7.10. The number of thiophene rings is 1. The molecule has 0 aliphatic rings. The summed E-state index contributed by atoms with van der Waals surface area (Å²) in [5, 5.41) is 8.01. The second kappa shape index (κ2) is 19.0. The number of rotatable bonds is 2. The Morgan fingerprint density at radius 1 is 1.37 bits per heavy atom. The zero-order valence-electron chi connectivity index (χ0n) is 13.0. The van der Waals surface area contributed by atoms with Gasteiger partial charge in [-0.2, -0.15) is 0 Å². The topological polar surface area (TPSA) is 91.5 Å². The normalized spacial score (nSPS) is 8.58. The van der Waals surface area contributed by atoms with E-state index in [0.717, 1.165) is 12.9 Å². The van der Waals surface area contributed by atoms with Crippen LogP contribution in [0.2, 0.25) is 0 Å². The van der Waals surface area contributed by atoms with E-state index in [0.29, 0.717) is 0 Å². The Hall–Kier alpha value is -1.40. The Kier molecular flexibility index (Phi) is 22.7. The van der Waals surface area contributed by atoms with E-state index in [1.54, 1.807) is 7.05 Å². The molecule has 0 atom stereocenters. The summed E-state index contributed by atoms with van der Waals surface area (Å²) in [6, 6.07) is 2.19. The third-order valence-electron chi connectivity index (χ3n) is 1.60. The second-order valence-electron chi connectivity index (χ2n) is 3.31. The molecule has 0 aliphatic carbocycles. The van der Waals surface area contributed by atoms with Crippen molar-refractivity contribution in [3.63, 3.8) is 0 Å². The van der Waals surface area contributed by atoms with Crippen LogP contribution in [0.25, 0.3) is 0 Å². The molecule has 0 saturated heterocycles. The Balaban J connectivity index is -0.000000239. The van der Waals surface area contributed by atoms with E-state index in [-0.39, 0.29) is 0 Å². The van der Waals surface area contributed by atoms with E-state index in [1.165, 1.54) is 16.8 Å². The fourth-order valence-electron chi connectivity index (χ4n) is 0.916. The predicted octanol–water partition coefficient (Wildman–Crippen LogP) is 2.30. The fraction of sp³-hybridized carbons (Fsp3) is 0.538. The summed E-state index contributed by atoms with van der Waals surface area (Å²) in [6.45, 7) is 7.23. The Labute approximate surface area is 121 Å². The van der Waals surface area contributed by atoms with Gasteiger partial charge in [-0.05, 0) is 38.0 Å². The lowest BCUT2D eigenvalue weighted by molar-refractivity contribution is 0.402. The molecule has 0 aromatic carbocycles. The molecular formula is C13H29N5S. The molecule has 5 nitrogen and oxygen atoms in total. The summed E-state index contributed by atoms with van der Waals surface area (Å²) < 4.78 is 0. The third-order valence-corrected chi connectivity index (χ3v) is 2.49. The average molecular weight is 287 g/mol. The molecule has 1 aromatic rings. The largest absolute Gasteiger partial charge is 0.390 e. The van der Waals surface area contributed by atoms with Crippen LogP contribution in [0.1, 0.15) is 24.3 Å². The second-order valence-corrected chi connectivity index (χ2v) is 4.43. The summed E-state index contributed by atoms with van der Waals surface area (Å²) in [4.78, 5) is 7.02. The average Bonchev–Trinajstić information content (AvgIpc) is 2.78. The van der Waals surface area contributed by atoms with Crippen LogP contribution in [0.4, 0.5) is 0 Å². The van der Waals surface area contributed by atoms with Crippen molar-refractivity contribution >= 4 is 24.0 Å². The van der Waals surface area contributed by atoms with Gasteiger partial charge in [0, 0.05) is 18.5 Å². The van der Waals surface area contributed by atoms with E-state index in [1.807, 2.05) is 25.2 Å². The van der Waals surface area contributed by atoms with Gasteiger partial charge in [-0.3, -0.25) is 10.4 Å². The number of aryl methyl sites for hydroxylation is 1. The number of nitrogens with one attached hydrogen (secondary N) is 1. The molecule has 0 bridgehead atoms. The zero-order chi connectivity index (χ0) is 15.7. The highest BCUT2D eigenvalue weighted by Crippen LogP contribution is 2.15. The van der Waals surface area contributed by atoms with E-state index >= 15 is 0 Å². The quantitative estimate of drug-likeness (QED) is 0.575. The molecule has 112 valence electrons. The van der Waals surface area contributed by atoms with Crippen molar-refractivity contribution in [2.24, 2.45) is 16.5 Å². The SMILES string of the molecule is CC.CN=CN.Cc1sccc1CN(C)C.N=CN. The van der Waals surface area contributed by atoms with Crippen LogP contribution in [0.5, 0.6) is 0 Å². The molecule has 0 unspecified atom stereocenters. The van der Waals surface area contributed by atoms with Gasteiger partial charge in [-0.1, -0.05) is 13.8 Å². The molecule has 0 fully saturated rings. The molecule has 0 aliphatic heterocycles. The third kappa shape index (κ3) is 19.1. The smallest absolute Gasteiger partial charge is 0.0794 e. The van der Waals surface area contributed by atoms with Crippen LogP contribution in [0, 0.1) is 12.3 Å². The van der Waals surface area contributed by atoms with Crippen molar-refractivity contribution in [2.75, 3.05) is 21.1 Å². The number of nitrogens with zero attached hydrogens (tertiary/aromatic N) is 2. The lowest BCUT2D eigenvalue weighted by atomic mass is 10.2. The van der Waals surface area contributed by atoms with Crippen LogP contribution in [-0.2, 0) is 6.54 Å². The highest BCUT2D eigenvalue weighted by atomic mass is 32.1. The maximum absolute atomic E-state index is 5.86. The minimum Gasteiger partial charge on any atom is -0.390 e. The van der Waals surface area contributed by atoms with Crippen LogP contribution < -0.4 is 11.5 Å². The van der Waals surface area contributed by atoms with Gasteiger partial charge in [0.2, 0.25) is 0 Å². The maximum atomic E-state index is 5.86. The van der Waals surface area contributed by atoms with Crippen molar-refractivity contribution in [1.82, 2.24) is 4.90 Å². The fourth-order valence-corrected chi connectivity index (χ4v) is 1.64. The molecule has 1 rings (SSSR count). The molecular weight excluding hydrogens is 258 g/mol. The number of nitrogens with two attached hydrogens (primary N) is 2. The predicted molar refractivity (Wildman–Crippen MR) is 89.4 cm³/mol. The van der Waals surface area contributed by atoms with E-state index in [9.17, 15) is 0 Å². The van der Waals surface area contributed by atoms with Gasteiger partial charge in [0.05, 0.1) is 12.7 Å². The monoisotopic (exact) mass is 287 g/mol. The number of aliphatic imine (C=N–C) groups is 1. The first-order valence-electron chi connectivity index (χ1n) is 6.04. The molecule has 5 N–H and O–H groups in total. The molecule has 0 amide bonds. The number of hydrogen-bond donors (Lipinski definition) is 3. The van der Waals surface area contributed by atoms with Gasteiger partial charge in [0.15, 0.2) is 0 Å². The Morgan fingerprint density at radius 3 is 2.00 bits per heavy atom. The van der Waals surface area contributed by atoms with E-state index < -0.39 is 0 Å². The Bertz CT molecular complexity index is 304. The molecule has 1 heterocycles. The van der Waals surface area contributed by atoms with Gasteiger partial charge in [-0.25, -0.2) is 0 Å². The van der Waals surface area contributed by atoms with Crippen LogP contribution in [0.15, 0.2) is 16.4 Å². The van der Waals surface area contributed by atoms with Crippen LogP contribution >= 0.6 is 11.3 Å². The molecule has 0 saturated carbocycles.